The number of carbonyl (C=O) groups is 1. The number of nitrogens with two attached hydrogens (primary N) is 2. The minimum absolute atomic E-state index is 0. The van der Waals surface area contributed by atoms with Crippen molar-refractivity contribution < 1.29 is 76.3 Å². The molecule has 3 fully saturated rings. The quantitative estimate of drug-likeness (QED) is 0.0207. The van der Waals surface area contributed by atoms with E-state index in [1.807, 2.05) is 24.3 Å². The monoisotopic (exact) mass is 2210 g/mol. The molecule has 1 aliphatic heterocycles. The third-order valence-corrected chi connectivity index (χ3v) is 31.5. The second-order valence-corrected chi connectivity index (χ2v) is 54.1. The van der Waals surface area contributed by atoms with Crippen molar-refractivity contribution in [1.82, 2.24) is 25.3 Å². The van der Waals surface area contributed by atoms with E-state index in [0.29, 0.717) is 62.0 Å². The number of hydrogen-bond acceptors (Lipinski definition) is 22. The number of carbonyl (C=O) groups excluding carboxylic acids is 1. The molecule has 142 heavy (non-hydrogen) atoms. The standard InChI is InChI=1S/C24H29N3OS.C24H27N3S.C18H17ClN2S.C18H15ClN2S.C10H15BO2.C8H3BrN2OS.C6H13N.CH4.Cl3OP.K.H2O/c1-24(2,3)16-11-9-15(10-12-16)20-13-18-21(29-20)19(22(25)28)14-26-23(18)27-17-7-5-4-6-8-17;1-24(2,3)18-11-9-16(10-12-18)21-13-20-22(28-21)17(14-25)15-26-23(20)27-19-7-5-4-6-8-19;2*1-18(2,3)13-6-4-11(5-7-13)15-8-14-16(22-15)12(9-20)10-21-17(14)19;1-10(2,3)8-4-6-9(7-5-8)11(12)13;9-6-1-5-7(13-6)4(2-10)3-11-8(5)12;7-6-4-2-1-3-5-6;;1-5(2,3)4;;/h9-14,17H,4-8H2,1-3H3,(H2,25,28)(H,26,27);9-13,15,19H,4-8H2,1-3H3,(H,26,27);4-8,10,17,21H,1-3H3;4-8,10H,1-3H3;4-7,12-13H,1-3H3;1,3H,(H,11,12);6H,1-5,7H2;1H4;;;1H2/q;;;;;;;;;+1;/p-1. The van der Waals surface area contributed by atoms with Gasteiger partial charge < -0.3 is 47.9 Å². The van der Waals surface area contributed by atoms with Gasteiger partial charge in [0.25, 0.3) is 11.5 Å². The summed E-state index contributed by atoms with van der Waals surface area (Å²) < 4.78 is 14.0. The number of primary amides is 1. The van der Waals surface area contributed by atoms with Crippen LogP contribution in [0.25, 0.3) is 87.7 Å². The maximum atomic E-state index is 12.0. The number of H-pyrrole nitrogens is 1. The number of halogens is 6. The number of amides is 1. The van der Waals surface area contributed by atoms with E-state index in [4.69, 9.17) is 50.0 Å². The molecular weight excluding hydrogens is 2090 g/mol. The van der Waals surface area contributed by atoms with Gasteiger partial charge in [-0.1, -0.05) is 314 Å². The van der Waals surface area contributed by atoms with Gasteiger partial charge in [-0.25, -0.2) is 15.0 Å². The number of benzene rings is 5. The molecule has 1 amide bonds. The molecule has 3 saturated carbocycles. The number of nitriles is 4. The van der Waals surface area contributed by atoms with Gasteiger partial charge in [0.05, 0.1) is 60.7 Å². The van der Waals surface area contributed by atoms with Crippen LogP contribution >= 0.6 is 135 Å². The normalized spacial score (nSPS) is 14.3. The van der Waals surface area contributed by atoms with Gasteiger partial charge in [0, 0.05) is 90.3 Å². The van der Waals surface area contributed by atoms with Crippen molar-refractivity contribution in [3.05, 3.63) is 262 Å². The van der Waals surface area contributed by atoms with Gasteiger partial charge in [-0.2, -0.15) is 21.0 Å². The van der Waals surface area contributed by atoms with Crippen molar-refractivity contribution in [1.29, 1.82) is 21.0 Å². The Balaban J connectivity index is 0.000000206. The van der Waals surface area contributed by atoms with Crippen molar-refractivity contribution in [2.45, 2.75) is 258 Å². The average Bonchev–Trinajstić information content (AvgIpc) is 1.63. The zero-order chi connectivity index (χ0) is 101. The summed E-state index contributed by atoms with van der Waals surface area (Å²) in [5.41, 5.74) is 27.0. The number of anilines is 2. The molecule has 1 unspecified atom stereocenters. The van der Waals surface area contributed by atoms with Crippen molar-refractivity contribution in [2.24, 2.45) is 11.5 Å². The van der Waals surface area contributed by atoms with Gasteiger partial charge in [-0.15, -0.1) is 56.7 Å². The number of fused-ring (bicyclic) bond motifs is 5. The number of hydrogen-bond donors (Lipinski definition) is 8. The van der Waals surface area contributed by atoms with E-state index in [9.17, 15) is 29.9 Å². The molecule has 0 saturated heterocycles. The topological polar surface area (TPSA) is 359 Å². The molecule has 0 bridgehead atoms. The minimum atomic E-state index is -3.22. The van der Waals surface area contributed by atoms with Crippen LogP contribution in [0.15, 0.2) is 191 Å². The molecule has 1 atom stereocenters. The molecule has 11 N–H and O–H groups in total. The van der Waals surface area contributed by atoms with E-state index in [-0.39, 0.29) is 102 Å². The van der Waals surface area contributed by atoms with Crippen LogP contribution in [0.1, 0.15) is 278 Å². The van der Waals surface area contributed by atoms with Crippen LogP contribution in [0.2, 0.25) is 5.15 Å². The van der Waals surface area contributed by atoms with Crippen molar-refractivity contribution in [3.8, 4) is 66.0 Å². The number of aromatic nitrogens is 4. The Morgan fingerprint density at radius 1 is 0.493 bits per heavy atom. The Morgan fingerprint density at radius 2 is 0.838 bits per heavy atom. The fourth-order valence-electron chi connectivity index (χ4n) is 16.2. The van der Waals surface area contributed by atoms with E-state index in [1.54, 1.807) is 82.1 Å². The SMILES string of the molecule is C.CC(C)(C)c1ccc(-c2cc3c(Cl)ncc(C#N)c3s2)cc1.CC(C)(C)c1ccc(-c2cc3c(NC4CCCCC4)ncc(C#N)c3s2)cc1.CC(C)(C)c1ccc(-c2cc3c(NC4CCCCC4)ncc(C(N)=O)c3s2)cc1.CC(C)(C)c1ccc(-c2cc3c(s2)C(C#N)=CNC3Cl)cc1.CC(C)(C)c1ccc(B(O)O)cc1.N#Cc1c[nH]c(=O)c2cc(Br)sc12.NC1CCCCC1.O=P(Cl)(Cl)Cl.[K+].[OH-]. The second-order valence-electron chi connectivity index (χ2n) is 40.0. The molecule has 742 valence electrons. The van der Waals surface area contributed by atoms with Gasteiger partial charge in [0.15, 0.2) is 0 Å². The van der Waals surface area contributed by atoms with Crippen LogP contribution in [0.5, 0.6) is 0 Å². The number of rotatable bonds is 10. The molecule has 4 aliphatic rings. The Bertz CT molecular complexity index is 6920. The van der Waals surface area contributed by atoms with Crippen LogP contribution < -0.4 is 89.8 Å². The number of nitrogens with one attached hydrogen (secondary N) is 4. The van der Waals surface area contributed by atoms with Crippen molar-refractivity contribution >= 4 is 211 Å². The fourth-order valence-corrected chi connectivity index (χ4v) is 22.9. The molecule has 18 rings (SSSR count). The third-order valence-electron chi connectivity index (χ3n) is 24.3. The molecule has 0 spiro atoms. The number of alkyl halides is 1. The Hall–Kier alpha value is -7.69. The summed E-state index contributed by atoms with van der Waals surface area (Å²) in [7, 11) is -1.37. The molecule has 0 radical (unpaired) electrons. The number of pyridine rings is 4. The van der Waals surface area contributed by atoms with Gasteiger partial charge in [-0.3, -0.25) is 14.2 Å². The van der Waals surface area contributed by atoms with Gasteiger partial charge >= 0.3 is 63.7 Å². The number of aromatic amines is 1. The van der Waals surface area contributed by atoms with Crippen LogP contribution in [0, 0.1) is 45.3 Å². The van der Waals surface area contributed by atoms with Gasteiger partial charge in [0.1, 0.15) is 46.6 Å². The first-order chi connectivity index (χ1) is 65.6. The molecule has 33 heteroatoms. The average molecular weight is 2210 g/mol. The Labute approximate surface area is 931 Å². The van der Waals surface area contributed by atoms with Crippen LogP contribution in [0.3, 0.4) is 0 Å². The second kappa shape index (κ2) is 53.3. The summed E-state index contributed by atoms with van der Waals surface area (Å²) in [6.07, 6.45) is 27.2. The van der Waals surface area contributed by atoms with Crippen molar-refractivity contribution in [3.63, 3.8) is 0 Å². The molecular formula is C109H124BBrCl5KN13O6PS5. The summed E-state index contributed by atoms with van der Waals surface area (Å²) >= 11 is 37.5. The summed E-state index contributed by atoms with van der Waals surface area (Å²) in [5.74, 6) is 1.36. The number of thiophene rings is 5. The Morgan fingerprint density at radius 3 is 1.20 bits per heavy atom. The van der Waals surface area contributed by atoms with Crippen LogP contribution in [0.4, 0.5) is 11.6 Å². The maximum Gasteiger partial charge on any atom is 1.00 e. The summed E-state index contributed by atoms with van der Waals surface area (Å²) in [6, 6.07) is 62.4. The number of nitrogens with zero attached hydrogens (tertiary/aromatic N) is 7. The first kappa shape index (κ1) is 120. The first-order valence-electron chi connectivity index (χ1n) is 46.4. The predicted molar refractivity (Wildman–Crippen MR) is 604 cm³/mol. The first-order valence-corrected chi connectivity index (χ1v) is 56.5. The molecule has 10 heterocycles. The Kier molecular flexibility index (Phi) is 44.8. The number of allylic oxidation sites excluding steroid dienone is 1. The molecule has 9 aromatic heterocycles. The van der Waals surface area contributed by atoms with Crippen LogP contribution in [-0.2, 0) is 31.6 Å². The van der Waals surface area contributed by atoms with Crippen LogP contribution in [-0.4, -0.2) is 66.6 Å². The predicted octanol–water partition coefficient (Wildman–Crippen LogP) is 28.6. The smallest absolute Gasteiger partial charge is 0.870 e. The summed E-state index contributed by atoms with van der Waals surface area (Å²) in [4.78, 5) is 44.6. The largest absolute Gasteiger partial charge is 1.00 e. The van der Waals surface area contributed by atoms with E-state index in [1.165, 1.54) is 158 Å². The zero-order valence-electron chi connectivity index (χ0n) is 82.4. The fraction of sp³-hybridized carbons (Fsp3) is 0.367. The maximum absolute atomic E-state index is 12.0. The zero-order valence-corrected chi connectivity index (χ0v) is 95.9. The minimum Gasteiger partial charge on any atom is -0.870 e. The third kappa shape index (κ3) is 33.4. The van der Waals surface area contributed by atoms with E-state index in [2.05, 4.69) is 323 Å². The molecule has 14 aromatic rings. The summed E-state index contributed by atoms with van der Waals surface area (Å²) in [5, 5.41) is 65.5. The van der Waals surface area contributed by atoms with Gasteiger partial charge in [-0.05, 0) is 201 Å². The van der Waals surface area contributed by atoms with E-state index >= 15 is 0 Å². The molecule has 5 aromatic carbocycles. The van der Waals surface area contributed by atoms with E-state index in [0.717, 1.165) is 92.1 Å². The summed E-state index contributed by atoms with van der Waals surface area (Å²) in [6.45, 7) is 32.9. The molecule has 19 nitrogen and oxygen atoms in total. The van der Waals surface area contributed by atoms with Crippen molar-refractivity contribution in [2.75, 3.05) is 10.6 Å². The van der Waals surface area contributed by atoms with E-state index < -0.39 is 18.2 Å². The van der Waals surface area contributed by atoms with Gasteiger partial charge in [0.2, 0.25) is 0 Å². The molecule has 3 aliphatic carbocycles.